The van der Waals surface area contributed by atoms with E-state index in [4.69, 9.17) is 17.2 Å². The number of hydrogen-bond acceptors (Lipinski definition) is 4. The van der Waals surface area contributed by atoms with E-state index >= 15 is 0 Å². The van der Waals surface area contributed by atoms with Crippen LogP contribution in [0.1, 0.15) is 0 Å². The predicted molar refractivity (Wildman–Crippen MR) is 83.6 cm³/mol. The number of hydrogen-bond donors (Lipinski definition) is 5. The van der Waals surface area contributed by atoms with Gasteiger partial charge in [-0.3, -0.25) is 5.32 Å². The average Bonchev–Trinajstić information content (AvgIpc) is 2.77. The summed E-state index contributed by atoms with van der Waals surface area (Å²) in [6.07, 6.45) is 0. The van der Waals surface area contributed by atoms with Gasteiger partial charge in [0.1, 0.15) is 17.5 Å². The van der Waals surface area contributed by atoms with E-state index in [1.54, 1.807) is 18.2 Å². The minimum atomic E-state index is -0.614. The van der Waals surface area contributed by atoms with Crippen LogP contribution in [-0.2, 0) is 0 Å². The summed E-state index contributed by atoms with van der Waals surface area (Å²) in [5, 5.41) is 3.46. The summed E-state index contributed by atoms with van der Waals surface area (Å²) in [7, 11) is 0. The molecule has 21 heavy (non-hydrogen) atoms. The number of pyridine rings is 1. The zero-order chi connectivity index (χ0) is 15.0. The van der Waals surface area contributed by atoms with E-state index in [9.17, 15) is 4.79 Å². The predicted octanol–water partition coefficient (Wildman–Crippen LogP) is 1.88. The Morgan fingerprint density at radius 1 is 1.05 bits per heavy atom. The maximum Gasteiger partial charge on any atom is 0.317 e. The van der Waals surface area contributed by atoms with E-state index in [1.165, 1.54) is 0 Å². The summed E-state index contributed by atoms with van der Waals surface area (Å²) in [6, 6.07) is 10.5. The number of aromatic amines is 1. The summed E-state index contributed by atoms with van der Waals surface area (Å²) < 4.78 is 0. The van der Waals surface area contributed by atoms with Crippen LogP contribution in [0.5, 0.6) is 0 Å². The van der Waals surface area contributed by atoms with Crippen molar-refractivity contribution < 1.29 is 4.79 Å². The van der Waals surface area contributed by atoms with Crippen molar-refractivity contribution in [3.8, 4) is 11.1 Å². The molecule has 0 atom stereocenters. The maximum absolute atomic E-state index is 10.9. The Balaban J connectivity index is 2.05. The first-order valence-corrected chi connectivity index (χ1v) is 6.24. The smallest absolute Gasteiger partial charge is 0.317 e. The molecule has 0 unspecified atom stereocenters. The van der Waals surface area contributed by atoms with Crippen LogP contribution in [0.3, 0.4) is 0 Å². The Labute approximate surface area is 120 Å². The van der Waals surface area contributed by atoms with Crippen LogP contribution in [-0.4, -0.2) is 16.0 Å². The molecule has 0 aliphatic rings. The Bertz CT molecular complexity index is 818. The average molecular weight is 282 g/mol. The number of aromatic nitrogens is 2. The maximum atomic E-state index is 10.9. The van der Waals surface area contributed by atoms with Crippen LogP contribution in [0, 0.1) is 0 Å². The molecule has 0 fully saturated rings. The number of fused-ring (bicyclic) bond motifs is 1. The first kappa shape index (κ1) is 12.8. The number of nitrogens with one attached hydrogen (secondary N) is 2. The molecule has 3 aromatic rings. The lowest BCUT2D eigenvalue weighted by Crippen LogP contribution is -2.19. The van der Waals surface area contributed by atoms with E-state index < -0.39 is 6.03 Å². The summed E-state index contributed by atoms with van der Waals surface area (Å²) in [6.45, 7) is 0. The molecule has 7 heteroatoms. The number of carbonyl (C=O) groups excluding carboxylic acids is 1. The fourth-order valence-corrected chi connectivity index (χ4v) is 2.25. The van der Waals surface area contributed by atoms with Crippen molar-refractivity contribution in [3.63, 3.8) is 0 Å². The third kappa shape index (κ3) is 2.57. The fraction of sp³-hybridized carbons (Fsp3) is 0. The molecule has 8 N–H and O–H groups in total. The topological polar surface area (TPSA) is 136 Å². The summed E-state index contributed by atoms with van der Waals surface area (Å²) in [4.78, 5) is 17.9. The summed E-state index contributed by atoms with van der Waals surface area (Å²) >= 11 is 0. The molecular weight excluding hydrogens is 268 g/mol. The highest BCUT2D eigenvalue weighted by molar-refractivity contribution is 5.93. The number of H-pyrrole nitrogens is 1. The van der Waals surface area contributed by atoms with Gasteiger partial charge in [-0.1, -0.05) is 12.1 Å². The lowest BCUT2D eigenvalue weighted by atomic mass is 10.1. The SMILES string of the molecule is NC(=O)Nc1cc2ccc(-c3cc(N)nc(N)c3)cc2[nH]1. The molecule has 2 aromatic heterocycles. The third-order valence-electron chi connectivity index (χ3n) is 3.08. The number of nitrogens with zero attached hydrogens (tertiary/aromatic N) is 1. The molecule has 0 spiro atoms. The van der Waals surface area contributed by atoms with E-state index in [2.05, 4.69) is 15.3 Å². The molecule has 2 heterocycles. The van der Waals surface area contributed by atoms with Crippen molar-refractivity contribution >= 4 is 34.4 Å². The molecule has 7 nitrogen and oxygen atoms in total. The molecule has 1 aromatic carbocycles. The van der Waals surface area contributed by atoms with Crippen LogP contribution in [0.4, 0.5) is 22.2 Å². The number of carbonyl (C=O) groups is 1. The van der Waals surface area contributed by atoms with Gasteiger partial charge in [0.2, 0.25) is 0 Å². The van der Waals surface area contributed by atoms with Gasteiger partial charge in [-0.2, -0.15) is 0 Å². The monoisotopic (exact) mass is 282 g/mol. The molecular formula is C14H14N6O. The van der Waals surface area contributed by atoms with Gasteiger partial charge in [0, 0.05) is 10.9 Å². The van der Waals surface area contributed by atoms with Crippen molar-refractivity contribution in [3.05, 3.63) is 36.4 Å². The zero-order valence-corrected chi connectivity index (χ0v) is 11.1. The van der Waals surface area contributed by atoms with Gasteiger partial charge in [-0.05, 0) is 35.4 Å². The number of amides is 2. The van der Waals surface area contributed by atoms with Crippen LogP contribution < -0.4 is 22.5 Å². The highest BCUT2D eigenvalue weighted by Gasteiger charge is 2.06. The normalized spacial score (nSPS) is 10.7. The molecule has 0 radical (unpaired) electrons. The second kappa shape index (κ2) is 4.71. The highest BCUT2D eigenvalue weighted by atomic mass is 16.2. The number of urea groups is 1. The minimum absolute atomic E-state index is 0.368. The second-order valence-corrected chi connectivity index (χ2v) is 4.68. The lowest BCUT2D eigenvalue weighted by molar-refractivity contribution is 0.259. The van der Waals surface area contributed by atoms with Crippen LogP contribution >= 0.6 is 0 Å². The Kier molecular flexibility index (Phi) is 2.87. The van der Waals surface area contributed by atoms with Gasteiger partial charge >= 0.3 is 6.03 Å². The standard InChI is InChI=1S/C14H14N6O/c15-11-4-9(5-12(16)19-11)7-1-2-8-6-13(20-14(17)21)18-10(8)3-7/h1-6,18H,(H4,15,16,19)(H3,17,20,21). The van der Waals surface area contributed by atoms with Crippen molar-refractivity contribution in [1.29, 1.82) is 0 Å². The second-order valence-electron chi connectivity index (χ2n) is 4.68. The molecule has 0 saturated carbocycles. The molecule has 2 amide bonds. The Morgan fingerprint density at radius 3 is 2.43 bits per heavy atom. The fourth-order valence-electron chi connectivity index (χ4n) is 2.25. The molecule has 0 aliphatic heterocycles. The van der Waals surface area contributed by atoms with Gasteiger partial charge in [0.15, 0.2) is 0 Å². The number of benzene rings is 1. The molecule has 106 valence electrons. The lowest BCUT2D eigenvalue weighted by Gasteiger charge is -2.04. The first-order valence-electron chi connectivity index (χ1n) is 6.24. The Morgan fingerprint density at radius 2 is 1.76 bits per heavy atom. The number of rotatable bonds is 2. The van der Waals surface area contributed by atoms with E-state index in [1.807, 2.05) is 18.2 Å². The van der Waals surface area contributed by atoms with Crippen LogP contribution in [0.2, 0.25) is 0 Å². The zero-order valence-electron chi connectivity index (χ0n) is 11.1. The van der Waals surface area contributed by atoms with Crippen LogP contribution in [0.25, 0.3) is 22.0 Å². The molecule has 0 saturated heterocycles. The first-order chi connectivity index (χ1) is 10.0. The van der Waals surface area contributed by atoms with Crippen molar-refractivity contribution in [1.82, 2.24) is 9.97 Å². The van der Waals surface area contributed by atoms with E-state index in [0.29, 0.717) is 17.5 Å². The summed E-state index contributed by atoms with van der Waals surface area (Å²) in [5.41, 5.74) is 19.2. The molecule has 0 aliphatic carbocycles. The van der Waals surface area contributed by atoms with Crippen molar-refractivity contribution in [2.24, 2.45) is 5.73 Å². The molecule has 3 rings (SSSR count). The summed E-state index contributed by atoms with van der Waals surface area (Å²) in [5.74, 6) is 1.28. The number of nitrogens with two attached hydrogens (primary N) is 3. The van der Waals surface area contributed by atoms with E-state index in [-0.39, 0.29) is 0 Å². The van der Waals surface area contributed by atoms with E-state index in [0.717, 1.165) is 22.0 Å². The van der Waals surface area contributed by atoms with Gasteiger partial charge in [0.25, 0.3) is 0 Å². The largest absolute Gasteiger partial charge is 0.384 e. The van der Waals surface area contributed by atoms with Crippen LogP contribution in [0.15, 0.2) is 36.4 Å². The van der Waals surface area contributed by atoms with Gasteiger partial charge in [-0.15, -0.1) is 0 Å². The third-order valence-corrected chi connectivity index (χ3v) is 3.08. The van der Waals surface area contributed by atoms with Gasteiger partial charge < -0.3 is 22.2 Å². The number of primary amides is 1. The number of anilines is 3. The van der Waals surface area contributed by atoms with Crippen molar-refractivity contribution in [2.75, 3.05) is 16.8 Å². The Hall–Kier alpha value is -3.22. The van der Waals surface area contributed by atoms with Gasteiger partial charge in [0.05, 0.1) is 0 Å². The molecule has 0 bridgehead atoms. The quantitative estimate of drug-likeness (QED) is 0.490. The minimum Gasteiger partial charge on any atom is -0.384 e. The van der Waals surface area contributed by atoms with Crippen molar-refractivity contribution in [2.45, 2.75) is 0 Å². The number of nitrogen functional groups attached to an aromatic ring is 2. The highest BCUT2D eigenvalue weighted by Crippen LogP contribution is 2.27. The van der Waals surface area contributed by atoms with Gasteiger partial charge in [-0.25, -0.2) is 9.78 Å².